The normalized spacial score (nSPS) is 12.0. The lowest BCUT2D eigenvalue weighted by Crippen LogP contribution is -2.34. The summed E-state index contributed by atoms with van der Waals surface area (Å²) >= 11 is 1.77. The summed E-state index contributed by atoms with van der Waals surface area (Å²) in [7, 11) is 0. The third-order valence-electron chi connectivity index (χ3n) is 6.51. The van der Waals surface area contributed by atoms with E-state index < -0.39 is 0 Å². The maximum atomic E-state index is 5.28. The molecule has 6 aromatic rings. The third kappa shape index (κ3) is 3.94. The highest BCUT2D eigenvalue weighted by atomic mass is 32.1. The molecule has 0 fully saturated rings. The van der Waals surface area contributed by atoms with E-state index in [1.807, 2.05) is 0 Å². The van der Waals surface area contributed by atoms with Crippen LogP contribution in [0.5, 0.6) is 0 Å². The van der Waals surface area contributed by atoms with E-state index in [2.05, 4.69) is 132 Å². The minimum absolute atomic E-state index is 0.0719. The number of rotatable bonds is 4. The summed E-state index contributed by atoms with van der Waals surface area (Å²) < 4.78 is 4.78. The van der Waals surface area contributed by atoms with Crippen molar-refractivity contribution in [2.24, 2.45) is 0 Å². The summed E-state index contributed by atoms with van der Waals surface area (Å²) in [5.74, 6) is 0. The van der Waals surface area contributed by atoms with Crippen molar-refractivity contribution in [2.45, 2.75) is 32.7 Å². The van der Waals surface area contributed by atoms with Crippen LogP contribution in [-0.2, 0) is 12.0 Å². The minimum Gasteiger partial charge on any atom is -0.247 e. The van der Waals surface area contributed by atoms with Crippen LogP contribution < -0.4 is 4.57 Å². The summed E-state index contributed by atoms with van der Waals surface area (Å²) in [4.78, 5) is 6.55. The van der Waals surface area contributed by atoms with Gasteiger partial charge in [-0.2, -0.15) is 4.40 Å². The van der Waals surface area contributed by atoms with E-state index in [4.69, 9.17) is 4.98 Å². The lowest BCUT2D eigenvalue weighted by atomic mass is 9.91. The molecule has 0 bridgehead atoms. The molecule has 0 spiro atoms. The Hall–Kier alpha value is -3.76. The molecule has 0 unspecified atom stereocenters. The number of benzene rings is 2. The number of thiophene rings is 1. The Kier molecular flexibility index (Phi) is 5.27. The lowest BCUT2D eigenvalue weighted by molar-refractivity contribution is -0.636. The van der Waals surface area contributed by atoms with Gasteiger partial charge in [-0.15, -0.1) is 11.3 Å². The molecule has 4 heterocycles. The minimum atomic E-state index is -0.0719. The van der Waals surface area contributed by atoms with Crippen LogP contribution in [0.1, 0.15) is 32.0 Å². The van der Waals surface area contributed by atoms with Crippen LogP contribution in [0.25, 0.3) is 38.4 Å². The first-order chi connectivity index (χ1) is 17.0. The molecule has 4 heteroatoms. The number of aromatic nitrogens is 3. The monoisotopic (exact) mass is 474 g/mol. The zero-order chi connectivity index (χ0) is 24.0. The van der Waals surface area contributed by atoms with E-state index in [-0.39, 0.29) is 5.41 Å². The van der Waals surface area contributed by atoms with Crippen LogP contribution in [0.3, 0.4) is 0 Å². The summed E-state index contributed by atoms with van der Waals surface area (Å²) in [6.07, 6.45) is 2.28. The number of nitrogens with zero attached hydrogens (tertiary/aromatic N) is 3. The van der Waals surface area contributed by atoms with Crippen molar-refractivity contribution < 1.29 is 4.57 Å². The van der Waals surface area contributed by atoms with Crippen molar-refractivity contribution >= 4 is 28.0 Å². The predicted molar refractivity (Wildman–Crippen MR) is 146 cm³/mol. The van der Waals surface area contributed by atoms with E-state index in [9.17, 15) is 0 Å². The van der Waals surface area contributed by atoms with Gasteiger partial charge >= 0.3 is 0 Å². The van der Waals surface area contributed by atoms with Crippen LogP contribution in [0.4, 0.5) is 0 Å². The Balaban J connectivity index is 1.73. The van der Waals surface area contributed by atoms with Crippen LogP contribution >= 0.6 is 11.3 Å². The molecule has 0 amide bonds. The molecule has 0 aliphatic rings. The first-order valence-corrected chi connectivity index (χ1v) is 12.9. The quantitative estimate of drug-likeness (QED) is 0.242. The van der Waals surface area contributed by atoms with Gasteiger partial charge in [-0.3, -0.25) is 0 Å². The van der Waals surface area contributed by atoms with E-state index in [1.165, 1.54) is 21.5 Å². The molecule has 0 aliphatic carbocycles. The molecule has 172 valence electrons. The second kappa shape index (κ2) is 8.47. The van der Waals surface area contributed by atoms with Gasteiger partial charge in [-0.1, -0.05) is 87.5 Å². The molecule has 0 radical (unpaired) electrons. The van der Waals surface area contributed by atoms with Gasteiger partial charge in [0.2, 0.25) is 5.52 Å². The Labute approximate surface area is 210 Å². The van der Waals surface area contributed by atoms with Crippen molar-refractivity contribution in [1.29, 1.82) is 0 Å². The van der Waals surface area contributed by atoms with Crippen LogP contribution in [0.2, 0.25) is 0 Å². The number of hydrogen-bond acceptors (Lipinski definition) is 2. The van der Waals surface area contributed by atoms with Crippen molar-refractivity contribution in [3.8, 4) is 21.7 Å². The highest BCUT2D eigenvalue weighted by Gasteiger charge is 2.28. The highest BCUT2D eigenvalue weighted by molar-refractivity contribution is 7.13. The fraction of sp³-hybridized carbons (Fsp3) is 0.161. The number of imidazole rings is 1. The average Bonchev–Trinajstić information content (AvgIpc) is 3.51. The van der Waals surface area contributed by atoms with Crippen molar-refractivity contribution in [3.05, 3.63) is 114 Å². The molecule has 4 aromatic heterocycles. The smallest absolute Gasteiger partial charge is 0.247 e. The average molecular weight is 475 g/mol. The van der Waals surface area contributed by atoms with Crippen molar-refractivity contribution in [2.75, 3.05) is 0 Å². The Morgan fingerprint density at radius 1 is 0.829 bits per heavy atom. The molecule has 6 rings (SSSR count). The largest absolute Gasteiger partial charge is 0.287 e. The van der Waals surface area contributed by atoms with Gasteiger partial charge in [0.25, 0.3) is 5.65 Å². The molecule has 0 saturated carbocycles. The van der Waals surface area contributed by atoms with Gasteiger partial charge < -0.3 is 0 Å². The highest BCUT2D eigenvalue weighted by Crippen LogP contribution is 2.33. The molecule has 2 aromatic carbocycles. The SMILES string of the molecule is CC(C)(C)c1cc2c(c(-c3ccccc3)n1)[n+](Cc1ccccc1)c1ccc(-c3cccs3)cn21. The Morgan fingerprint density at radius 3 is 2.26 bits per heavy atom. The molecule has 3 nitrogen and oxygen atoms in total. The van der Waals surface area contributed by atoms with Gasteiger partial charge in [0.1, 0.15) is 18.4 Å². The topological polar surface area (TPSA) is 21.2 Å². The maximum Gasteiger partial charge on any atom is 0.287 e. The second-order valence-electron chi connectivity index (χ2n) is 10.0. The van der Waals surface area contributed by atoms with E-state index in [0.29, 0.717) is 0 Å². The van der Waals surface area contributed by atoms with Gasteiger partial charge in [-0.05, 0) is 23.1 Å². The van der Waals surface area contributed by atoms with Gasteiger partial charge in [0.05, 0.1) is 5.69 Å². The summed E-state index contributed by atoms with van der Waals surface area (Å²) in [5.41, 5.74) is 9.21. The van der Waals surface area contributed by atoms with Gasteiger partial charge in [-0.25, -0.2) is 9.55 Å². The molecule has 35 heavy (non-hydrogen) atoms. The second-order valence-corrected chi connectivity index (χ2v) is 11.0. The zero-order valence-electron chi connectivity index (χ0n) is 20.3. The van der Waals surface area contributed by atoms with Crippen LogP contribution in [-0.4, -0.2) is 9.38 Å². The van der Waals surface area contributed by atoms with Gasteiger partial charge in [0.15, 0.2) is 5.52 Å². The third-order valence-corrected chi connectivity index (χ3v) is 7.43. The first kappa shape index (κ1) is 21.8. The fourth-order valence-corrected chi connectivity index (χ4v) is 5.41. The van der Waals surface area contributed by atoms with Crippen LogP contribution in [0.15, 0.2) is 103 Å². The predicted octanol–water partition coefficient (Wildman–Crippen LogP) is 7.52. The molecule has 0 N–H and O–H groups in total. The Bertz CT molecular complexity index is 1620. The first-order valence-electron chi connectivity index (χ1n) is 12.0. The number of pyridine rings is 2. The zero-order valence-corrected chi connectivity index (χ0v) is 21.1. The summed E-state index contributed by atoms with van der Waals surface area (Å²) in [6.45, 7) is 7.49. The number of hydrogen-bond donors (Lipinski definition) is 0. The molecular weight excluding hydrogens is 446 g/mol. The van der Waals surface area contributed by atoms with E-state index >= 15 is 0 Å². The maximum absolute atomic E-state index is 5.28. The lowest BCUT2D eigenvalue weighted by Gasteiger charge is -2.18. The molecule has 0 atom stereocenters. The van der Waals surface area contributed by atoms with E-state index in [1.54, 1.807) is 11.3 Å². The molecule has 0 aliphatic heterocycles. The van der Waals surface area contributed by atoms with E-state index in [0.717, 1.165) is 34.7 Å². The van der Waals surface area contributed by atoms with Crippen LogP contribution in [0, 0.1) is 0 Å². The van der Waals surface area contributed by atoms with Crippen molar-refractivity contribution in [1.82, 2.24) is 9.38 Å². The molecule has 0 saturated heterocycles. The molecular formula is C31H28N3S+. The van der Waals surface area contributed by atoms with Gasteiger partial charge in [0, 0.05) is 33.6 Å². The summed E-state index contributed by atoms with van der Waals surface area (Å²) in [6, 6.07) is 32.4. The van der Waals surface area contributed by atoms with Crippen molar-refractivity contribution in [3.63, 3.8) is 0 Å². The summed E-state index contributed by atoms with van der Waals surface area (Å²) in [5, 5.41) is 2.14. The number of fused-ring (bicyclic) bond motifs is 3. The standard InChI is InChI=1S/C31H28N3S/c1-31(2,3)27-19-25-30(29(32-27)23-13-8-5-9-14-23)34(20-22-11-6-4-7-12-22)28-17-16-24(21-33(25)28)26-15-10-18-35-26/h4-19,21H,20H2,1-3H3/q+1. The fourth-order valence-electron chi connectivity index (χ4n) is 4.69. The Morgan fingerprint density at radius 2 is 1.57 bits per heavy atom.